The third-order valence-electron chi connectivity index (χ3n) is 2.69. The molecule has 0 atom stereocenters. The summed E-state index contributed by atoms with van der Waals surface area (Å²) in [5, 5.41) is 9.43. The van der Waals surface area contributed by atoms with Crippen LogP contribution in [0.5, 0.6) is 5.75 Å². The average molecular weight is 281 g/mol. The lowest BCUT2D eigenvalue weighted by molar-refractivity contribution is 0.0692. The van der Waals surface area contributed by atoms with Gasteiger partial charge in [-0.2, -0.15) is 0 Å². The first kappa shape index (κ1) is 13.4. The molecule has 1 aromatic heterocycles. The van der Waals surface area contributed by atoms with E-state index in [0.29, 0.717) is 23.9 Å². The number of carboxylic acid groups (broad SMARTS) is 1. The Labute approximate surface area is 115 Å². The van der Waals surface area contributed by atoms with Crippen molar-refractivity contribution in [3.05, 3.63) is 47.0 Å². The summed E-state index contributed by atoms with van der Waals surface area (Å²) in [5.74, 6) is 0.143. The number of hydrogen-bond acceptors (Lipinski definition) is 3. The standard InChI is InChI=1S/C13H13ClN2O3/c1-9-15-4-5-16(9)6-7-19-12-3-2-10(14)8-11(12)13(17)18/h2-5,8H,6-7H2,1H3,(H,17,18). The van der Waals surface area contributed by atoms with Gasteiger partial charge in [0.1, 0.15) is 23.7 Å². The van der Waals surface area contributed by atoms with Crippen LogP contribution in [0.25, 0.3) is 0 Å². The molecular formula is C13H13ClN2O3. The van der Waals surface area contributed by atoms with Crippen LogP contribution in [-0.4, -0.2) is 27.2 Å². The van der Waals surface area contributed by atoms with E-state index in [1.54, 1.807) is 18.3 Å². The van der Waals surface area contributed by atoms with E-state index >= 15 is 0 Å². The topological polar surface area (TPSA) is 64.4 Å². The quantitative estimate of drug-likeness (QED) is 0.914. The number of carboxylic acids is 1. The van der Waals surface area contributed by atoms with E-state index in [0.717, 1.165) is 5.82 Å². The van der Waals surface area contributed by atoms with Gasteiger partial charge in [-0.05, 0) is 25.1 Å². The molecule has 0 spiro atoms. The Morgan fingerprint density at radius 1 is 1.53 bits per heavy atom. The Morgan fingerprint density at radius 2 is 2.32 bits per heavy atom. The number of aryl methyl sites for hydroxylation is 1. The van der Waals surface area contributed by atoms with Gasteiger partial charge in [0, 0.05) is 17.4 Å². The van der Waals surface area contributed by atoms with E-state index in [-0.39, 0.29) is 5.56 Å². The van der Waals surface area contributed by atoms with Crippen LogP contribution in [0.3, 0.4) is 0 Å². The van der Waals surface area contributed by atoms with Crippen molar-refractivity contribution in [3.8, 4) is 5.75 Å². The Bertz CT molecular complexity index is 595. The normalized spacial score (nSPS) is 10.4. The molecule has 2 aromatic rings. The highest BCUT2D eigenvalue weighted by Crippen LogP contribution is 2.22. The maximum atomic E-state index is 11.1. The molecule has 5 nitrogen and oxygen atoms in total. The van der Waals surface area contributed by atoms with Crippen molar-refractivity contribution in [1.82, 2.24) is 9.55 Å². The highest BCUT2D eigenvalue weighted by atomic mass is 35.5. The predicted molar refractivity (Wildman–Crippen MR) is 70.9 cm³/mol. The third kappa shape index (κ3) is 3.26. The minimum absolute atomic E-state index is 0.0647. The zero-order valence-corrected chi connectivity index (χ0v) is 11.1. The van der Waals surface area contributed by atoms with Crippen LogP contribution in [0, 0.1) is 6.92 Å². The summed E-state index contributed by atoms with van der Waals surface area (Å²) < 4.78 is 7.42. The number of aromatic carboxylic acids is 1. The van der Waals surface area contributed by atoms with Crippen LogP contribution in [0.2, 0.25) is 5.02 Å². The van der Waals surface area contributed by atoms with E-state index in [2.05, 4.69) is 4.98 Å². The maximum absolute atomic E-state index is 11.1. The molecule has 1 N–H and O–H groups in total. The molecule has 1 heterocycles. The predicted octanol–water partition coefficient (Wildman–Crippen LogP) is 2.62. The minimum Gasteiger partial charge on any atom is -0.491 e. The molecule has 6 heteroatoms. The van der Waals surface area contributed by atoms with Gasteiger partial charge < -0.3 is 14.4 Å². The first-order valence-corrected chi connectivity index (χ1v) is 6.09. The molecule has 0 bridgehead atoms. The van der Waals surface area contributed by atoms with Crippen molar-refractivity contribution in [1.29, 1.82) is 0 Å². The Morgan fingerprint density at radius 3 is 2.95 bits per heavy atom. The number of rotatable bonds is 5. The fourth-order valence-electron chi connectivity index (χ4n) is 1.69. The zero-order valence-electron chi connectivity index (χ0n) is 10.3. The van der Waals surface area contributed by atoms with E-state index in [9.17, 15) is 4.79 Å². The number of halogens is 1. The molecular weight excluding hydrogens is 268 g/mol. The second kappa shape index (κ2) is 5.75. The minimum atomic E-state index is -1.06. The second-order valence-corrected chi connectivity index (χ2v) is 4.40. The van der Waals surface area contributed by atoms with Crippen molar-refractivity contribution in [2.75, 3.05) is 6.61 Å². The molecule has 0 aliphatic heterocycles. The van der Waals surface area contributed by atoms with Gasteiger partial charge >= 0.3 is 5.97 Å². The average Bonchev–Trinajstić information content (AvgIpc) is 2.77. The van der Waals surface area contributed by atoms with Gasteiger partial charge in [-0.25, -0.2) is 9.78 Å². The Balaban J connectivity index is 2.03. The summed E-state index contributed by atoms with van der Waals surface area (Å²) in [5.41, 5.74) is 0.0647. The zero-order chi connectivity index (χ0) is 13.8. The molecule has 0 fully saturated rings. The lowest BCUT2D eigenvalue weighted by Crippen LogP contribution is -2.11. The van der Waals surface area contributed by atoms with Crippen molar-refractivity contribution in [2.24, 2.45) is 0 Å². The van der Waals surface area contributed by atoms with E-state index < -0.39 is 5.97 Å². The molecule has 0 aliphatic carbocycles. The van der Waals surface area contributed by atoms with Gasteiger partial charge in [0.25, 0.3) is 0 Å². The van der Waals surface area contributed by atoms with Crippen LogP contribution in [0.15, 0.2) is 30.6 Å². The van der Waals surface area contributed by atoms with Crippen molar-refractivity contribution in [3.63, 3.8) is 0 Å². The Kier molecular flexibility index (Phi) is 4.06. The summed E-state index contributed by atoms with van der Waals surface area (Å²) in [7, 11) is 0. The van der Waals surface area contributed by atoms with Crippen molar-refractivity contribution in [2.45, 2.75) is 13.5 Å². The summed E-state index contributed by atoms with van der Waals surface area (Å²) in [6.07, 6.45) is 3.55. The monoisotopic (exact) mass is 280 g/mol. The number of ether oxygens (including phenoxy) is 1. The molecule has 0 saturated heterocycles. The lowest BCUT2D eigenvalue weighted by Gasteiger charge is -2.10. The summed E-state index contributed by atoms with van der Waals surface area (Å²) in [4.78, 5) is 15.2. The lowest BCUT2D eigenvalue weighted by atomic mass is 10.2. The maximum Gasteiger partial charge on any atom is 0.339 e. The van der Waals surface area contributed by atoms with Gasteiger partial charge in [0.05, 0.1) is 6.54 Å². The van der Waals surface area contributed by atoms with E-state index in [1.165, 1.54) is 6.07 Å². The smallest absolute Gasteiger partial charge is 0.339 e. The van der Waals surface area contributed by atoms with Crippen LogP contribution < -0.4 is 4.74 Å². The highest BCUT2D eigenvalue weighted by Gasteiger charge is 2.11. The molecule has 0 radical (unpaired) electrons. The largest absolute Gasteiger partial charge is 0.491 e. The molecule has 100 valence electrons. The van der Waals surface area contributed by atoms with E-state index in [1.807, 2.05) is 17.7 Å². The molecule has 0 amide bonds. The molecule has 2 rings (SSSR count). The van der Waals surface area contributed by atoms with Crippen LogP contribution in [0.1, 0.15) is 16.2 Å². The molecule has 19 heavy (non-hydrogen) atoms. The van der Waals surface area contributed by atoms with Crippen LogP contribution >= 0.6 is 11.6 Å². The molecule has 0 saturated carbocycles. The summed E-state index contributed by atoms with van der Waals surface area (Å²) in [6.45, 7) is 2.86. The number of hydrogen-bond donors (Lipinski definition) is 1. The SMILES string of the molecule is Cc1nccn1CCOc1ccc(Cl)cc1C(=O)O. The number of benzene rings is 1. The number of carbonyl (C=O) groups is 1. The fourth-order valence-corrected chi connectivity index (χ4v) is 1.86. The van der Waals surface area contributed by atoms with Gasteiger partial charge in [-0.3, -0.25) is 0 Å². The third-order valence-corrected chi connectivity index (χ3v) is 2.92. The molecule has 0 unspecified atom stereocenters. The first-order valence-electron chi connectivity index (χ1n) is 5.71. The van der Waals surface area contributed by atoms with Gasteiger partial charge in [-0.15, -0.1) is 0 Å². The number of imidazole rings is 1. The Hall–Kier alpha value is -2.01. The molecule has 1 aromatic carbocycles. The summed E-state index contributed by atoms with van der Waals surface area (Å²) >= 11 is 5.77. The number of nitrogens with zero attached hydrogens (tertiary/aromatic N) is 2. The first-order chi connectivity index (χ1) is 9.08. The van der Waals surface area contributed by atoms with Crippen LogP contribution in [0.4, 0.5) is 0 Å². The van der Waals surface area contributed by atoms with Crippen LogP contribution in [-0.2, 0) is 6.54 Å². The molecule has 0 aliphatic rings. The van der Waals surface area contributed by atoms with Gasteiger partial charge in [0.15, 0.2) is 0 Å². The highest BCUT2D eigenvalue weighted by molar-refractivity contribution is 6.31. The second-order valence-electron chi connectivity index (χ2n) is 3.96. The number of aromatic nitrogens is 2. The fraction of sp³-hybridized carbons (Fsp3) is 0.231. The van der Waals surface area contributed by atoms with Gasteiger partial charge in [0.2, 0.25) is 0 Å². The van der Waals surface area contributed by atoms with Gasteiger partial charge in [-0.1, -0.05) is 11.6 Å². The summed E-state index contributed by atoms with van der Waals surface area (Å²) in [6, 6.07) is 4.54. The van der Waals surface area contributed by atoms with Crippen molar-refractivity contribution < 1.29 is 14.6 Å². The van der Waals surface area contributed by atoms with Crippen molar-refractivity contribution >= 4 is 17.6 Å². The van der Waals surface area contributed by atoms with E-state index in [4.69, 9.17) is 21.4 Å².